The molecule has 2 N–H and O–H groups in total. The summed E-state index contributed by atoms with van der Waals surface area (Å²) in [6.07, 6.45) is 1.71. The quantitative estimate of drug-likeness (QED) is 0.782. The topological polar surface area (TPSA) is 60.8 Å². The molecule has 110 valence electrons. The number of halogens is 1. The van der Waals surface area contributed by atoms with Crippen molar-refractivity contribution < 1.29 is 19.4 Å². The number of carbonyl (C=O) groups excluding carboxylic acids is 1. The van der Waals surface area contributed by atoms with Crippen LogP contribution in [0.25, 0.3) is 0 Å². The van der Waals surface area contributed by atoms with Crippen LogP contribution in [0.2, 0.25) is 0 Å². The second kappa shape index (κ2) is 5.89. The normalized spacial score (nSPS) is 16.4. The molecule has 0 spiro atoms. The van der Waals surface area contributed by atoms with Crippen LogP contribution in [0.1, 0.15) is 35.7 Å². The standard InChI is InChI=1S/C15H20FNO3/c1-9(18)13-6-12(16)5-11(15(13)20)7-17(2)8-14(19)10-3-4-10/h5-6,10,14,19-20H,3-4,7-8H2,1-2H3. The molecule has 0 aromatic heterocycles. The Labute approximate surface area is 117 Å². The number of ketones is 1. The van der Waals surface area contributed by atoms with Gasteiger partial charge in [0.25, 0.3) is 0 Å². The van der Waals surface area contributed by atoms with Crippen LogP contribution in [-0.2, 0) is 6.54 Å². The van der Waals surface area contributed by atoms with Crippen LogP contribution in [0, 0.1) is 11.7 Å². The Morgan fingerprint density at radius 3 is 2.70 bits per heavy atom. The summed E-state index contributed by atoms with van der Waals surface area (Å²) in [5.74, 6) is -0.721. The first-order valence-corrected chi connectivity index (χ1v) is 6.77. The summed E-state index contributed by atoms with van der Waals surface area (Å²) in [5, 5.41) is 19.9. The fourth-order valence-corrected chi connectivity index (χ4v) is 2.35. The summed E-state index contributed by atoms with van der Waals surface area (Å²) in [6.45, 7) is 2.04. The molecule has 1 aliphatic carbocycles. The monoisotopic (exact) mass is 281 g/mol. The Kier molecular flexibility index (Phi) is 4.40. The van der Waals surface area contributed by atoms with E-state index in [2.05, 4.69) is 0 Å². The van der Waals surface area contributed by atoms with Crippen LogP contribution in [-0.4, -0.2) is 40.6 Å². The molecule has 1 fully saturated rings. The van der Waals surface area contributed by atoms with Gasteiger partial charge in [-0.05, 0) is 44.9 Å². The first-order valence-electron chi connectivity index (χ1n) is 6.77. The van der Waals surface area contributed by atoms with Crippen molar-refractivity contribution >= 4 is 5.78 Å². The minimum absolute atomic E-state index is 0.00357. The summed E-state index contributed by atoms with van der Waals surface area (Å²) in [4.78, 5) is 13.2. The lowest BCUT2D eigenvalue weighted by atomic mass is 10.0. The number of benzene rings is 1. The van der Waals surface area contributed by atoms with Crippen molar-refractivity contribution in [3.8, 4) is 5.75 Å². The molecule has 0 saturated heterocycles. The number of carbonyl (C=O) groups is 1. The van der Waals surface area contributed by atoms with Gasteiger partial charge in [0.15, 0.2) is 5.78 Å². The highest BCUT2D eigenvalue weighted by Crippen LogP contribution is 2.33. The van der Waals surface area contributed by atoms with E-state index in [-0.39, 0.29) is 29.7 Å². The van der Waals surface area contributed by atoms with Gasteiger partial charge in [0, 0.05) is 18.7 Å². The SMILES string of the molecule is CC(=O)c1cc(F)cc(CN(C)CC(O)C2CC2)c1O. The van der Waals surface area contributed by atoms with Crippen molar-refractivity contribution in [2.24, 2.45) is 5.92 Å². The molecule has 1 atom stereocenters. The highest BCUT2D eigenvalue weighted by atomic mass is 19.1. The summed E-state index contributed by atoms with van der Waals surface area (Å²) < 4.78 is 13.5. The van der Waals surface area contributed by atoms with Crippen LogP contribution in [0.15, 0.2) is 12.1 Å². The molecule has 20 heavy (non-hydrogen) atoms. The molecular weight excluding hydrogens is 261 g/mol. The average molecular weight is 281 g/mol. The molecule has 1 saturated carbocycles. The fourth-order valence-electron chi connectivity index (χ4n) is 2.35. The van der Waals surface area contributed by atoms with E-state index in [0.29, 0.717) is 18.0 Å². The van der Waals surface area contributed by atoms with E-state index in [9.17, 15) is 19.4 Å². The van der Waals surface area contributed by atoms with Gasteiger partial charge in [-0.2, -0.15) is 0 Å². The van der Waals surface area contributed by atoms with Gasteiger partial charge in [-0.3, -0.25) is 9.69 Å². The molecule has 0 heterocycles. The first-order chi connectivity index (χ1) is 9.38. The fraction of sp³-hybridized carbons (Fsp3) is 0.533. The maximum Gasteiger partial charge on any atom is 0.163 e. The number of aliphatic hydroxyl groups excluding tert-OH is 1. The number of hydrogen-bond acceptors (Lipinski definition) is 4. The molecule has 1 aliphatic rings. The van der Waals surface area contributed by atoms with Gasteiger partial charge in [0.05, 0.1) is 11.7 Å². The molecule has 1 aromatic carbocycles. The minimum Gasteiger partial charge on any atom is -0.507 e. The van der Waals surface area contributed by atoms with Crippen molar-refractivity contribution in [3.63, 3.8) is 0 Å². The Morgan fingerprint density at radius 2 is 2.15 bits per heavy atom. The lowest BCUT2D eigenvalue weighted by molar-refractivity contribution is 0.100. The zero-order valence-electron chi connectivity index (χ0n) is 11.8. The molecule has 5 heteroatoms. The number of rotatable bonds is 6. The second-order valence-corrected chi connectivity index (χ2v) is 5.62. The van der Waals surface area contributed by atoms with Crippen LogP contribution >= 0.6 is 0 Å². The number of aliphatic hydroxyl groups is 1. The third-order valence-electron chi connectivity index (χ3n) is 3.64. The number of likely N-dealkylation sites (N-methyl/N-ethyl adjacent to an activating group) is 1. The van der Waals surface area contributed by atoms with E-state index in [4.69, 9.17) is 0 Å². The van der Waals surface area contributed by atoms with Crippen LogP contribution in [0.4, 0.5) is 4.39 Å². The maximum atomic E-state index is 13.5. The first kappa shape index (κ1) is 14.9. The Balaban J connectivity index is 2.09. The van der Waals surface area contributed by atoms with Gasteiger partial charge in [0.2, 0.25) is 0 Å². The zero-order chi connectivity index (χ0) is 14.9. The summed E-state index contributed by atoms with van der Waals surface area (Å²) in [6, 6.07) is 2.27. The van der Waals surface area contributed by atoms with Crippen LogP contribution < -0.4 is 0 Å². The van der Waals surface area contributed by atoms with E-state index >= 15 is 0 Å². The molecule has 0 aliphatic heterocycles. The van der Waals surface area contributed by atoms with E-state index < -0.39 is 5.82 Å². The van der Waals surface area contributed by atoms with E-state index in [1.165, 1.54) is 13.0 Å². The highest BCUT2D eigenvalue weighted by Gasteiger charge is 2.30. The van der Waals surface area contributed by atoms with Crippen molar-refractivity contribution in [2.75, 3.05) is 13.6 Å². The molecule has 0 amide bonds. The lowest BCUT2D eigenvalue weighted by Gasteiger charge is -2.21. The third-order valence-corrected chi connectivity index (χ3v) is 3.64. The maximum absolute atomic E-state index is 13.5. The number of nitrogens with zero attached hydrogens (tertiary/aromatic N) is 1. The molecule has 4 nitrogen and oxygen atoms in total. The van der Waals surface area contributed by atoms with Gasteiger partial charge in [-0.15, -0.1) is 0 Å². The molecule has 1 aromatic rings. The van der Waals surface area contributed by atoms with Crippen molar-refractivity contribution in [1.82, 2.24) is 4.90 Å². The molecule has 0 radical (unpaired) electrons. The van der Waals surface area contributed by atoms with Gasteiger partial charge in [0.1, 0.15) is 11.6 Å². The van der Waals surface area contributed by atoms with Gasteiger partial charge in [-0.25, -0.2) is 4.39 Å². The van der Waals surface area contributed by atoms with Crippen molar-refractivity contribution in [2.45, 2.75) is 32.4 Å². The summed E-state index contributed by atoms with van der Waals surface area (Å²) >= 11 is 0. The van der Waals surface area contributed by atoms with Gasteiger partial charge < -0.3 is 10.2 Å². The lowest BCUT2D eigenvalue weighted by Crippen LogP contribution is -2.30. The highest BCUT2D eigenvalue weighted by molar-refractivity contribution is 5.97. The molecular formula is C15H20FNO3. The van der Waals surface area contributed by atoms with Gasteiger partial charge >= 0.3 is 0 Å². The Morgan fingerprint density at radius 1 is 1.50 bits per heavy atom. The van der Waals surface area contributed by atoms with E-state index in [1.54, 1.807) is 7.05 Å². The van der Waals surface area contributed by atoms with Crippen molar-refractivity contribution in [3.05, 3.63) is 29.1 Å². The predicted octanol–water partition coefficient (Wildman–Crippen LogP) is 1.94. The van der Waals surface area contributed by atoms with Crippen LogP contribution in [0.3, 0.4) is 0 Å². The number of aromatic hydroxyl groups is 1. The van der Waals surface area contributed by atoms with Crippen molar-refractivity contribution in [1.29, 1.82) is 0 Å². The molecule has 2 rings (SSSR count). The number of phenols is 1. The average Bonchev–Trinajstić information content (AvgIpc) is 3.16. The molecule has 1 unspecified atom stereocenters. The smallest absolute Gasteiger partial charge is 0.163 e. The summed E-state index contributed by atoms with van der Waals surface area (Å²) in [5.41, 5.74) is 0.358. The van der Waals surface area contributed by atoms with E-state index in [1.807, 2.05) is 4.90 Å². The second-order valence-electron chi connectivity index (χ2n) is 5.62. The largest absolute Gasteiger partial charge is 0.507 e. The number of Topliss-reactive ketones (excluding diaryl/α,β-unsaturated/α-hetero) is 1. The molecule has 0 bridgehead atoms. The Hall–Kier alpha value is -1.46. The summed E-state index contributed by atoms with van der Waals surface area (Å²) in [7, 11) is 1.80. The van der Waals surface area contributed by atoms with Crippen LogP contribution in [0.5, 0.6) is 5.75 Å². The van der Waals surface area contributed by atoms with Gasteiger partial charge in [-0.1, -0.05) is 0 Å². The third kappa shape index (κ3) is 3.55. The zero-order valence-corrected chi connectivity index (χ0v) is 11.8. The number of phenolic OH excluding ortho intramolecular Hbond substituents is 1. The Bertz CT molecular complexity index is 514. The number of hydrogen-bond donors (Lipinski definition) is 2. The minimum atomic E-state index is -0.542. The predicted molar refractivity (Wildman–Crippen MR) is 73.1 cm³/mol. The van der Waals surface area contributed by atoms with E-state index in [0.717, 1.165) is 18.9 Å².